The minimum Gasteiger partial charge on any atom is -0.463 e. The molecule has 0 spiro atoms. The number of amides is 2. The molecule has 1 saturated heterocycles. The van der Waals surface area contributed by atoms with Crippen molar-refractivity contribution in [2.75, 3.05) is 25.4 Å². The summed E-state index contributed by atoms with van der Waals surface area (Å²) in [4.78, 5) is 36.2. The first kappa shape index (κ1) is 16.6. The fraction of sp³-hybridized carbons (Fsp3) is 0.615. The molecule has 20 heavy (non-hydrogen) atoms. The van der Waals surface area contributed by atoms with Crippen LogP contribution in [-0.2, 0) is 19.1 Å². The van der Waals surface area contributed by atoms with Gasteiger partial charge in [-0.25, -0.2) is 4.79 Å². The molecule has 0 aromatic heterocycles. The van der Waals surface area contributed by atoms with Crippen LogP contribution in [0.2, 0.25) is 0 Å². The van der Waals surface area contributed by atoms with Gasteiger partial charge in [-0.2, -0.15) is 0 Å². The van der Waals surface area contributed by atoms with Gasteiger partial charge in [0, 0.05) is 6.54 Å². The molecular weight excluding hydrogens is 280 g/mol. The van der Waals surface area contributed by atoms with Crippen LogP contribution >= 0.6 is 11.8 Å². The molecule has 0 aromatic carbocycles. The Morgan fingerprint density at radius 1 is 1.45 bits per heavy atom. The van der Waals surface area contributed by atoms with E-state index in [0.29, 0.717) is 11.6 Å². The van der Waals surface area contributed by atoms with Gasteiger partial charge in [0.15, 0.2) is 0 Å². The summed E-state index contributed by atoms with van der Waals surface area (Å²) in [5.74, 6) is -0.644. The van der Waals surface area contributed by atoms with E-state index in [1.807, 2.05) is 6.92 Å². The fourth-order valence-corrected chi connectivity index (χ4v) is 2.52. The van der Waals surface area contributed by atoms with Gasteiger partial charge < -0.3 is 10.1 Å². The van der Waals surface area contributed by atoms with Crippen LogP contribution < -0.4 is 5.32 Å². The van der Waals surface area contributed by atoms with Gasteiger partial charge in [0.25, 0.3) is 0 Å². The summed E-state index contributed by atoms with van der Waals surface area (Å²) in [6.07, 6.45) is 3.16. The summed E-state index contributed by atoms with van der Waals surface area (Å²) in [6.45, 7) is 4.57. The molecule has 1 heterocycles. The van der Waals surface area contributed by atoms with Crippen molar-refractivity contribution in [2.24, 2.45) is 0 Å². The van der Waals surface area contributed by atoms with Crippen LogP contribution in [-0.4, -0.2) is 48.1 Å². The van der Waals surface area contributed by atoms with E-state index in [-0.39, 0.29) is 30.7 Å². The predicted molar refractivity (Wildman–Crippen MR) is 76.8 cm³/mol. The molecule has 0 aliphatic carbocycles. The fourth-order valence-electron chi connectivity index (χ4n) is 1.59. The van der Waals surface area contributed by atoms with Gasteiger partial charge in [0.1, 0.15) is 6.54 Å². The van der Waals surface area contributed by atoms with Crippen molar-refractivity contribution in [3.05, 3.63) is 11.1 Å². The summed E-state index contributed by atoms with van der Waals surface area (Å²) < 4.78 is 4.80. The molecule has 112 valence electrons. The van der Waals surface area contributed by atoms with Crippen LogP contribution in [0.1, 0.15) is 26.7 Å². The van der Waals surface area contributed by atoms with E-state index in [9.17, 15) is 14.4 Å². The zero-order valence-electron chi connectivity index (χ0n) is 11.8. The van der Waals surface area contributed by atoms with Crippen LogP contribution in [0.5, 0.6) is 0 Å². The normalized spacial score (nSPS) is 16.6. The minimum atomic E-state index is -0.499. The summed E-state index contributed by atoms with van der Waals surface area (Å²) in [7, 11) is 0. The summed E-state index contributed by atoms with van der Waals surface area (Å²) >= 11 is 1.24. The SMILES string of the molecule is CCCCNC(=O)CN1C(=O)CS/C1=C\C(=O)OCC. The molecule has 0 aromatic rings. The molecule has 2 amide bonds. The lowest BCUT2D eigenvalue weighted by Gasteiger charge is -2.16. The highest BCUT2D eigenvalue weighted by Crippen LogP contribution is 2.28. The third-order valence-electron chi connectivity index (χ3n) is 2.59. The Morgan fingerprint density at radius 2 is 2.20 bits per heavy atom. The number of carbonyl (C=O) groups excluding carboxylic acids is 3. The molecule has 1 aliphatic rings. The molecule has 7 heteroatoms. The Kier molecular flexibility index (Phi) is 7.14. The molecule has 0 atom stereocenters. The number of esters is 1. The Balaban J connectivity index is 2.58. The maximum Gasteiger partial charge on any atom is 0.333 e. The summed E-state index contributed by atoms with van der Waals surface area (Å²) in [5.41, 5.74) is 0. The second-order valence-electron chi connectivity index (χ2n) is 4.21. The van der Waals surface area contributed by atoms with Gasteiger partial charge >= 0.3 is 5.97 Å². The van der Waals surface area contributed by atoms with Crippen LogP contribution in [0.15, 0.2) is 11.1 Å². The van der Waals surface area contributed by atoms with E-state index in [2.05, 4.69) is 5.32 Å². The number of hydrogen-bond acceptors (Lipinski definition) is 5. The number of rotatable bonds is 7. The maximum absolute atomic E-state index is 11.7. The Bertz CT molecular complexity index is 409. The van der Waals surface area contributed by atoms with Gasteiger partial charge in [-0.3, -0.25) is 14.5 Å². The smallest absolute Gasteiger partial charge is 0.333 e. The molecule has 1 fully saturated rings. The molecule has 1 rings (SSSR count). The van der Waals surface area contributed by atoms with E-state index in [1.165, 1.54) is 22.7 Å². The molecule has 6 nitrogen and oxygen atoms in total. The zero-order valence-corrected chi connectivity index (χ0v) is 12.6. The van der Waals surface area contributed by atoms with E-state index >= 15 is 0 Å². The lowest BCUT2D eigenvalue weighted by atomic mass is 10.3. The average molecular weight is 300 g/mol. The van der Waals surface area contributed by atoms with Crippen molar-refractivity contribution in [1.29, 1.82) is 0 Å². The quantitative estimate of drug-likeness (QED) is 0.429. The second kappa shape index (κ2) is 8.63. The molecule has 0 bridgehead atoms. The van der Waals surface area contributed by atoms with Crippen molar-refractivity contribution >= 4 is 29.5 Å². The summed E-state index contributed by atoms with van der Waals surface area (Å²) in [6, 6.07) is 0. The third kappa shape index (κ3) is 5.24. The van der Waals surface area contributed by atoms with E-state index in [1.54, 1.807) is 6.92 Å². The highest BCUT2D eigenvalue weighted by molar-refractivity contribution is 8.04. The number of nitrogens with zero attached hydrogens (tertiary/aromatic N) is 1. The van der Waals surface area contributed by atoms with Crippen LogP contribution in [0, 0.1) is 0 Å². The number of unbranched alkanes of at least 4 members (excludes halogenated alkanes) is 1. The number of hydrogen-bond donors (Lipinski definition) is 1. The Hall–Kier alpha value is -1.50. The van der Waals surface area contributed by atoms with Crippen LogP contribution in [0.3, 0.4) is 0 Å². The number of ether oxygens (including phenoxy) is 1. The predicted octanol–water partition coefficient (Wildman–Crippen LogP) is 0.883. The van der Waals surface area contributed by atoms with Gasteiger partial charge in [-0.05, 0) is 13.3 Å². The molecular formula is C13H20N2O4S. The standard InChI is InChI=1S/C13H20N2O4S/c1-3-5-6-14-10(16)8-15-11(17)9-20-12(15)7-13(18)19-4-2/h7H,3-6,8-9H2,1-2H3,(H,14,16)/b12-7-. The molecule has 1 N–H and O–H groups in total. The lowest BCUT2D eigenvalue weighted by molar-refractivity contribution is -0.137. The Labute approximate surface area is 122 Å². The average Bonchev–Trinajstić information content (AvgIpc) is 2.72. The number of carbonyl (C=O) groups is 3. The van der Waals surface area contributed by atoms with Gasteiger partial charge in [0.2, 0.25) is 11.8 Å². The van der Waals surface area contributed by atoms with Crippen molar-refractivity contribution in [3.63, 3.8) is 0 Å². The second-order valence-corrected chi connectivity index (χ2v) is 5.20. The van der Waals surface area contributed by atoms with E-state index in [4.69, 9.17) is 4.74 Å². The highest BCUT2D eigenvalue weighted by Gasteiger charge is 2.29. The molecule has 0 unspecified atom stereocenters. The first-order valence-corrected chi connectivity index (χ1v) is 7.65. The van der Waals surface area contributed by atoms with E-state index in [0.717, 1.165) is 12.8 Å². The third-order valence-corrected chi connectivity index (χ3v) is 3.62. The highest BCUT2D eigenvalue weighted by atomic mass is 32.2. The van der Waals surface area contributed by atoms with Gasteiger partial charge in [0.05, 0.1) is 23.5 Å². The lowest BCUT2D eigenvalue weighted by Crippen LogP contribution is -2.38. The summed E-state index contributed by atoms with van der Waals surface area (Å²) in [5, 5.41) is 3.22. The van der Waals surface area contributed by atoms with Crippen molar-refractivity contribution in [2.45, 2.75) is 26.7 Å². The van der Waals surface area contributed by atoms with Crippen LogP contribution in [0.25, 0.3) is 0 Å². The first-order chi connectivity index (χ1) is 9.58. The van der Waals surface area contributed by atoms with Crippen molar-refractivity contribution in [3.8, 4) is 0 Å². The van der Waals surface area contributed by atoms with Gasteiger partial charge in [-0.1, -0.05) is 25.1 Å². The number of nitrogens with one attached hydrogen (secondary N) is 1. The largest absolute Gasteiger partial charge is 0.463 e. The molecule has 0 radical (unpaired) electrons. The zero-order chi connectivity index (χ0) is 15.0. The monoisotopic (exact) mass is 300 g/mol. The topological polar surface area (TPSA) is 75.7 Å². The van der Waals surface area contributed by atoms with Crippen molar-refractivity contribution in [1.82, 2.24) is 10.2 Å². The number of thioether (sulfide) groups is 1. The van der Waals surface area contributed by atoms with E-state index < -0.39 is 5.97 Å². The Morgan fingerprint density at radius 3 is 2.85 bits per heavy atom. The maximum atomic E-state index is 11.7. The van der Waals surface area contributed by atoms with Crippen LogP contribution in [0.4, 0.5) is 0 Å². The minimum absolute atomic E-state index is 0.0548. The first-order valence-electron chi connectivity index (χ1n) is 6.66. The molecule has 1 aliphatic heterocycles. The van der Waals surface area contributed by atoms with Crippen molar-refractivity contribution < 1.29 is 19.1 Å². The van der Waals surface area contributed by atoms with Gasteiger partial charge in [-0.15, -0.1) is 0 Å². The molecule has 0 saturated carbocycles.